The molecule has 1 heterocycles. The van der Waals surface area contributed by atoms with Crippen molar-refractivity contribution in [3.05, 3.63) is 35.4 Å². The third kappa shape index (κ3) is 5.19. The molecule has 0 aromatic heterocycles. The molecule has 1 fully saturated rings. The van der Waals surface area contributed by atoms with Crippen LogP contribution in [0.2, 0.25) is 0 Å². The zero-order chi connectivity index (χ0) is 14.2. The summed E-state index contributed by atoms with van der Waals surface area (Å²) in [6.07, 6.45) is -0.357. The smallest absolute Gasteiger partial charge is 0.0791 e. The Morgan fingerprint density at radius 3 is 2.45 bits per heavy atom. The zero-order valence-electron chi connectivity index (χ0n) is 11.8. The van der Waals surface area contributed by atoms with Crippen LogP contribution in [0.4, 0.5) is 0 Å². The lowest BCUT2D eigenvalue weighted by molar-refractivity contribution is 0.0149. The van der Waals surface area contributed by atoms with E-state index in [4.69, 9.17) is 9.84 Å². The maximum Gasteiger partial charge on any atom is 0.0791 e. The Kier molecular flexibility index (Phi) is 6.42. The monoisotopic (exact) mass is 280 g/mol. The molecule has 5 heteroatoms. The van der Waals surface area contributed by atoms with Crippen LogP contribution >= 0.6 is 0 Å². The van der Waals surface area contributed by atoms with Gasteiger partial charge in [0.1, 0.15) is 0 Å². The zero-order valence-corrected chi connectivity index (χ0v) is 11.8. The number of aliphatic hydroxyl groups excluding tert-OH is 2. The summed E-state index contributed by atoms with van der Waals surface area (Å²) in [6, 6.07) is 7.82. The van der Waals surface area contributed by atoms with Crippen molar-refractivity contribution in [3.8, 4) is 0 Å². The highest BCUT2D eigenvalue weighted by atomic mass is 16.5. The van der Waals surface area contributed by atoms with Crippen molar-refractivity contribution < 1.29 is 14.9 Å². The average Bonchev–Trinajstić information content (AvgIpc) is 2.49. The van der Waals surface area contributed by atoms with Crippen molar-refractivity contribution in [2.24, 2.45) is 0 Å². The quantitative estimate of drug-likeness (QED) is 0.654. The van der Waals surface area contributed by atoms with Crippen LogP contribution in [0.15, 0.2) is 24.3 Å². The van der Waals surface area contributed by atoms with Crippen molar-refractivity contribution in [1.82, 2.24) is 10.2 Å². The number of benzene rings is 1. The fourth-order valence-electron chi connectivity index (χ4n) is 2.29. The first-order valence-corrected chi connectivity index (χ1v) is 7.15. The Bertz CT molecular complexity index is 377. The molecule has 1 saturated heterocycles. The third-order valence-corrected chi connectivity index (χ3v) is 3.49. The second kappa shape index (κ2) is 8.34. The standard InChI is InChI=1S/C15H24N2O3/c18-12-14-3-1-13(2-4-14)9-16-10-15(19)11-17-5-7-20-8-6-17/h1-4,15-16,18-19H,5-12H2. The lowest BCUT2D eigenvalue weighted by atomic mass is 10.1. The Morgan fingerprint density at radius 2 is 1.80 bits per heavy atom. The molecule has 0 radical (unpaired) electrons. The van der Waals surface area contributed by atoms with Gasteiger partial charge in [0, 0.05) is 32.7 Å². The summed E-state index contributed by atoms with van der Waals surface area (Å²) in [4.78, 5) is 2.23. The SMILES string of the molecule is OCc1ccc(CNCC(O)CN2CCOCC2)cc1. The Labute approximate surface area is 120 Å². The van der Waals surface area contributed by atoms with Crippen LogP contribution in [0.25, 0.3) is 0 Å². The highest BCUT2D eigenvalue weighted by Crippen LogP contribution is 2.04. The Hall–Kier alpha value is -0.980. The summed E-state index contributed by atoms with van der Waals surface area (Å²) < 4.78 is 5.28. The highest BCUT2D eigenvalue weighted by molar-refractivity contribution is 5.21. The summed E-state index contributed by atoms with van der Waals surface area (Å²) >= 11 is 0. The molecule has 0 aliphatic carbocycles. The third-order valence-electron chi connectivity index (χ3n) is 3.49. The molecule has 112 valence electrons. The van der Waals surface area contributed by atoms with E-state index in [0.29, 0.717) is 13.1 Å². The van der Waals surface area contributed by atoms with Gasteiger partial charge in [-0.15, -0.1) is 0 Å². The number of rotatable bonds is 7. The van der Waals surface area contributed by atoms with E-state index in [-0.39, 0.29) is 12.7 Å². The second-order valence-corrected chi connectivity index (χ2v) is 5.17. The van der Waals surface area contributed by atoms with Crippen molar-refractivity contribution in [1.29, 1.82) is 0 Å². The largest absolute Gasteiger partial charge is 0.392 e. The summed E-state index contributed by atoms with van der Waals surface area (Å²) in [5.41, 5.74) is 2.07. The predicted molar refractivity (Wildman–Crippen MR) is 77.3 cm³/mol. The van der Waals surface area contributed by atoms with Crippen LogP contribution in [0, 0.1) is 0 Å². The van der Waals surface area contributed by atoms with Crippen molar-refractivity contribution >= 4 is 0 Å². The molecule has 1 unspecified atom stereocenters. The van der Waals surface area contributed by atoms with Gasteiger partial charge in [-0.1, -0.05) is 24.3 Å². The number of morpholine rings is 1. The number of ether oxygens (including phenoxy) is 1. The summed E-state index contributed by atoms with van der Waals surface area (Å²) in [5.74, 6) is 0. The van der Waals surface area contributed by atoms with Gasteiger partial charge in [-0.05, 0) is 11.1 Å². The van der Waals surface area contributed by atoms with Gasteiger partial charge in [-0.25, -0.2) is 0 Å². The molecular formula is C15H24N2O3. The number of aliphatic hydroxyl groups is 2. The number of β-amino-alcohol motifs (C(OH)–C–C–N with tert-alkyl or cyclic N) is 1. The van der Waals surface area contributed by atoms with Gasteiger partial charge in [0.2, 0.25) is 0 Å². The molecule has 1 aliphatic heterocycles. The molecule has 0 spiro atoms. The van der Waals surface area contributed by atoms with E-state index in [1.165, 1.54) is 0 Å². The van der Waals surface area contributed by atoms with E-state index < -0.39 is 0 Å². The molecule has 1 aliphatic rings. The molecule has 0 bridgehead atoms. The minimum absolute atomic E-state index is 0.0754. The molecular weight excluding hydrogens is 256 g/mol. The maximum absolute atomic E-state index is 9.98. The lowest BCUT2D eigenvalue weighted by Crippen LogP contribution is -2.43. The second-order valence-electron chi connectivity index (χ2n) is 5.17. The van der Waals surface area contributed by atoms with Crippen LogP contribution in [-0.2, 0) is 17.9 Å². The van der Waals surface area contributed by atoms with Crippen LogP contribution in [0.5, 0.6) is 0 Å². The molecule has 1 aromatic rings. The normalized spacial score (nSPS) is 18.1. The first kappa shape index (κ1) is 15.4. The maximum atomic E-state index is 9.98. The number of hydrogen-bond acceptors (Lipinski definition) is 5. The lowest BCUT2D eigenvalue weighted by Gasteiger charge is -2.28. The molecule has 2 rings (SSSR count). The molecule has 3 N–H and O–H groups in total. The van der Waals surface area contributed by atoms with E-state index in [1.54, 1.807) is 0 Å². The summed E-state index contributed by atoms with van der Waals surface area (Å²) in [5, 5.41) is 22.2. The molecule has 20 heavy (non-hydrogen) atoms. The number of nitrogens with one attached hydrogen (secondary N) is 1. The number of nitrogens with zero attached hydrogens (tertiary/aromatic N) is 1. The predicted octanol–water partition coefficient (Wildman–Crippen LogP) is -0.0384. The van der Waals surface area contributed by atoms with Crippen LogP contribution in [-0.4, -0.2) is 60.6 Å². The summed E-state index contributed by atoms with van der Waals surface area (Å²) in [6.45, 7) is 5.41. The molecule has 0 amide bonds. The fourth-order valence-corrected chi connectivity index (χ4v) is 2.29. The van der Waals surface area contributed by atoms with Gasteiger partial charge in [0.05, 0.1) is 25.9 Å². The minimum atomic E-state index is -0.357. The minimum Gasteiger partial charge on any atom is -0.392 e. The van der Waals surface area contributed by atoms with Gasteiger partial charge in [0.15, 0.2) is 0 Å². The number of hydrogen-bond donors (Lipinski definition) is 3. The van der Waals surface area contributed by atoms with Gasteiger partial charge >= 0.3 is 0 Å². The topological polar surface area (TPSA) is 65.0 Å². The van der Waals surface area contributed by atoms with E-state index in [0.717, 1.165) is 44.0 Å². The molecule has 1 aromatic carbocycles. The van der Waals surface area contributed by atoms with Crippen molar-refractivity contribution in [2.75, 3.05) is 39.4 Å². The van der Waals surface area contributed by atoms with Gasteiger partial charge in [-0.3, -0.25) is 4.90 Å². The Morgan fingerprint density at radius 1 is 1.15 bits per heavy atom. The van der Waals surface area contributed by atoms with Gasteiger partial charge < -0.3 is 20.3 Å². The first-order chi connectivity index (χ1) is 9.78. The van der Waals surface area contributed by atoms with Gasteiger partial charge in [0.25, 0.3) is 0 Å². The fraction of sp³-hybridized carbons (Fsp3) is 0.600. The Balaban J connectivity index is 1.63. The molecule has 0 saturated carbocycles. The van der Waals surface area contributed by atoms with Gasteiger partial charge in [-0.2, -0.15) is 0 Å². The van der Waals surface area contributed by atoms with E-state index in [9.17, 15) is 5.11 Å². The molecule has 5 nitrogen and oxygen atoms in total. The van der Waals surface area contributed by atoms with E-state index >= 15 is 0 Å². The first-order valence-electron chi connectivity index (χ1n) is 7.15. The van der Waals surface area contributed by atoms with Crippen molar-refractivity contribution in [2.45, 2.75) is 19.3 Å². The summed E-state index contributed by atoms with van der Waals surface area (Å²) in [7, 11) is 0. The van der Waals surface area contributed by atoms with Crippen LogP contribution in [0.1, 0.15) is 11.1 Å². The van der Waals surface area contributed by atoms with E-state index in [2.05, 4.69) is 10.2 Å². The van der Waals surface area contributed by atoms with Crippen LogP contribution < -0.4 is 5.32 Å². The van der Waals surface area contributed by atoms with E-state index in [1.807, 2.05) is 24.3 Å². The van der Waals surface area contributed by atoms with Crippen molar-refractivity contribution in [3.63, 3.8) is 0 Å². The molecule has 1 atom stereocenters. The average molecular weight is 280 g/mol. The highest BCUT2D eigenvalue weighted by Gasteiger charge is 2.14. The van der Waals surface area contributed by atoms with Crippen LogP contribution in [0.3, 0.4) is 0 Å².